The number of hydrogen-bond donors (Lipinski definition) is 0. The highest BCUT2D eigenvalue weighted by Crippen LogP contribution is 2.35. The molecule has 1 amide bonds. The summed E-state index contributed by atoms with van der Waals surface area (Å²) in [6.07, 6.45) is -4.75. The Kier molecular flexibility index (Phi) is 5.99. The molecule has 6 nitrogen and oxygen atoms in total. The lowest BCUT2D eigenvalue weighted by Crippen LogP contribution is -2.54. The minimum Gasteiger partial charge on any atom is -0.347 e. The third-order valence-electron chi connectivity index (χ3n) is 4.43. The molecule has 1 heterocycles. The third kappa shape index (κ3) is 4.18. The number of halogens is 3. The molecule has 1 aromatic rings. The molecule has 26 heavy (non-hydrogen) atoms. The van der Waals surface area contributed by atoms with E-state index in [2.05, 4.69) is 0 Å². The first-order valence-corrected chi connectivity index (χ1v) is 9.52. The minimum atomic E-state index is -4.75. The van der Waals surface area contributed by atoms with Gasteiger partial charge < -0.3 is 4.90 Å². The Hall–Kier alpha value is -1.65. The average Bonchev–Trinajstić information content (AvgIpc) is 2.59. The number of likely N-dealkylation sites (N-methyl/N-ethyl adjacent to an activating group) is 1. The normalized spacial score (nSPS) is 18.5. The monoisotopic (exact) mass is 393 g/mol. The van der Waals surface area contributed by atoms with Crippen LogP contribution in [-0.4, -0.2) is 74.7 Å². The quantitative estimate of drug-likeness (QED) is 0.778. The van der Waals surface area contributed by atoms with Crippen LogP contribution in [0, 0.1) is 0 Å². The van der Waals surface area contributed by atoms with E-state index in [-0.39, 0.29) is 32.1 Å². The molecule has 146 valence electrons. The molecule has 0 spiro atoms. The molecule has 1 aromatic carbocycles. The summed E-state index contributed by atoms with van der Waals surface area (Å²) in [5.41, 5.74) is -1.17. The van der Waals surface area contributed by atoms with Crippen LogP contribution in [0.3, 0.4) is 0 Å². The van der Waals surface area contributed by atoms with Crippen LogP contribution in [0.5, 0.6) is 0 Å². The lowest BCUT2D eigenvalue weighted by atomic mass is 10.2. The number of sulfonamides is 1. The SMILES string of the molecule is C[C@@H](C(=O)N(C)C)N1CCN(S(=O)(=O)c2ccccc2C(F)(F)F)CC1. The molecule has 1 saturated heterocycles. The molecule has 0 aliphatic carbocycles. The Bertz CT molecular complexity index is 757. The first kappa shape index (κ1) is 20.7. The Morgan fingerprint density at radius 2 is 1.65 bits per heavy atom. The molecule has 0 N–H and O–H groups in total. The number of alkyl halides is 3. The lowest BCUT2D eigenvalue weighted by Gasteiger charge is -2.37. The molecule has 1 aliphatic heterocycles. The number of benzene rings is 1. The van der Waals surface area contributed by atoms with Gasteiger partial charge in [0.2, 0.25) is 15.9 Å². The summed E-state index contributed by atoms with van der Waals surface area (Å²) in [6.45, 7) is 2.33. The van der Waals surface area contributed by atoms with Gasteiger partial charge in [0.25, 0.3) is 0 Å². The van der Waals surface area contributed by atoms with Gasteiger partial charge in [-0.3, -0.25) is 9.69 Å². The Morgan fingerprint density at radius 1 is 1.12 bits per heavy atom. The van der Waals surface area contributed by atoms with Crippen LogP contribution in [0.1, 0.15) is 12.5 Å². The van der Waals surface area contributed by atoms with Gasteiger partial charge in [0.1, 0.15) is 0 Å². The van der Waals surface area contributed by atoms with Gasteiger partial charge in [-0.05, 0) is 19.1 Å². The highest BCUT2D eigenvalue weighted by Gasteiger charge is 2.40. The van der Waals surface area contributed by atoms with Gasteiger partial charge >= 0.3 is 6.18 Å². The molecular weight excluding hydrogens is 371 g/mol. The zero-order valence-corrected chi connectivity index (χ0v) is 15.6. The van der Waals surface area contributed by atoms with Gasteiger partial charge in [0, 0.05) is 40.3 Å². The molecule has 1 aliphatic rings. The minimum absolute atomic E-state index is 0.0274. The Balaban J connectivity index is 2.18. The highest BCUT2D eigenvalue weighted by atomic mass is 32.2. The van der Waals surface area contributed by atoms with Crippen LogP contribution in [0.15, 0.2) is 29.2 Å². The number of nitrogens with zero attached hydrogens (tertiary/aromatic N) is 3. The second-order valence-corrected chi connectivity index (χ2v) is 8.25. The van der Waals surface area contributed by atoms with Crippen molar-refractivity contribution >= 4 is 15.9 Å². The van der Waals surface area contributed by atoms with Crippen molar-refractivity contribution in [1.29, 1.82) is 0 Å². The standard InChI is InChI=1S/C16H22F3N3O3S/c1-12(15(23)20(2)3)21-8-10-22(11-9-21)26(24,25)14-7-5-4-6-13(14)16(17,18)19/h4-7,12H,8-11H2,1-3H3/t12-/m0/s1. The zero-order chi connectivity index (χ0) is 19.7. The van der Waals surface area contributed by atoms with Crippen molar-refractivity contribution in [3.8, 4) is 0 Å². The number of rotatable bonds is 4. The van der Waals surface area contributed by atoms with Crippen molar-refractivity contribution < 1.29 is 26.4 Å². The average molecular weight is 393 g/mol. The summed E-state index contributed by atoms with van der Waals surface area (Å²) in [7, 11) is -1.01. The summed E-state index contributed by atoms with van der Waals surface area (Å²) in [4.78, 5) is 14.6. The highest BCUT2D eigenvalue weighted by molar-refractivity contribution is 7.89. The summed E-state index contributed by atoms with van der Waals surface area (Å²) < 4.78 is 65.9. The predicted octanol–water partition coefficient (Wildman–Crippen LogP) is 1.49. The van der Waals surface area contributed by atoms with E-state index in [0.29, 0.717) is 0 Å². The van der Waals surface area contributed by atoms with E-state index in [1.807, 2.05) is 4.90 Å². The smallest absolute Gasteiger partial charge is 0.347 e. The fraction of sp³-hybridized carbons (Fsp3) is 0.562. The van der Waals surface area contributed by atoms with Crippen molar-refractivity contribution in [3.63, 3.8) is 0 Å². The maximum Gasteiger partial charge on any atom is 0.417 e. The maximum atomic E-state index is 13.1. The largest absolute Gasteiger partial charge is 0.417 e. The van der Waals surface area contributed by atoms with Gasteiger partial charge in [-0.15, -0.1) is 0 Å². The Morgan fingerprint density at radius 3 is 2.15 bits per heavy atom. The van der Waals surface area contributed by atoms with E-state index in [1.54, 1.807) is 21.0 Å². The molecule has 1 fully saturated rings. The van der Waals surface area contributed by atoms with E-state index in [1.165, 1.54) is 11.0 Å². The molecular formula is C16H22F3N3O3S. The molecule has 0 bridgehead atoms. The summed E-state index contributed by atoms with van der Waals surface area (Å²) in [5, 5.41) is 0. The fourth-order valence-electron chi connectivity index (χ4n) is 2.93. The van der Waals surface area contributed by atoms with Crippen LogP contribution >= 0.6 is 0 Å². The molecule has 0 radical (unpaired) electrons. The Labute approximate surface area is 151 Å². The molecule has 10 heteroatoms. The van der Waals surface area contributed by atoms with Crippen molar-refractivity contribution in [2.24, 2.45) is 0 Å². The van der Waals surface area contributed by atoms with Gasteiger partial charge in [-0.2, -0.15) is 17.5 Å². The molecule has 2 rings (SSSR count). The summed E-state index contributed by atoms with van der Waals surface area (Å²) in [6, 6.07) is 3.76. The van der Waals surface area contributed by atoms with Gasteiger partial charge in [-0.25, -0.2) is 8.42 Å². The molecule has 0 unspecified atom stereocenters. The lowest BCUT2D eigenvalue weighted by molar-refractivity contribution is -0.140. The molecule has 1 atom stereocenters. The van der Waals surface area contributed by atoms with Crippen LogP contribution in [-0.2, 0) is 21.0 Å². The topological polar surface area (TPSA) is 60.9 Å². The van der Waals surface area contributed by atoms with Crippen molar-refractivity contribution in [1.82, 2.24) is 14.1 Å². The number of carbonyl (C=O) groups excluding carboxylic acids is 1. The van der Waals surface area contributed by atoms with Crippen LogP contribution in [0.4, 0.5) is 13.2 Å². The zero-order valence-electron chi connectivity index (χ0n) is 14.8. The van der Waals surface area contributed by atoms with Gasteiger partial charge in [-0.1, -0.05) is 12.1 Å². The van der Waals surface area contributed by atoms with E-state index in [4.69, 9.17) is 0 Å². The van der Waals surface area contributed by atoms with Crippen LogP contribution in [0.2, 0.25) is 0 Å². The first-order valence-electron chi connectivity index (χ1n) is 8.08. The van der Waals surface area contributed by atoms with E-state index in [0.717, 1.165) is 22.5 Å². The molecule has 0 aromatic heterocycles. The van der Waals surface area contributed by atoms with Crippen molar-refractivity contribution in [2.45, 2.75) is 24.0 Å². The summed E-state index contributed by atoms with van der Waals surface area (Å²) >= 11 is 0. The van der Waals surface area contributed by atoms with Crippen LogP contribution < -0.4 is 0 Å². The fourth-order valence-corrected chi connectivity index (χ4v) is 4.56. The van der Waals surface area contributed by atoms with E-state index >= 15 is 0 Å². The predicted molar refractivity (Wildman–Crippen MR) is 89.9 cm³/mol. The second-order valence-electron chi connectivity index (χ2n) is 6.34. The number of amides is 1. The van der Waals surface area contributed by atoms with Crippen molar-refractivity contribution in [3.05, 3.63) is 29.8 Å². The maximum absolute atomic E-state index is 13.1. The number of carbonyl (C=O) groups is 1. The number of hydrogen-bond acceptors (Lipinski definition) is 4. The van der Waals surface area contributed by atoms with Crippen LogP contribution in [0.25, 0.3) is 0 Å². The summed E-state index contributed by atoms with van der Waals surface area (Å²) in [5.74, 6) is -0.108. The van der Waals surface area contributed by atoms with Crippen molar-refractivity contribution in [2.75, 3.05) is 40.3 Å². The van der Waals surface area contributed by atoms with Gasteiger partial charge in [0.05, 0.1) is 16.5 Å². The number of piperazine rings is 1. The van der Waals surface area contributed by atoms with E-state index < -0.39 is 32.7 Å². The second kappa shape index (κ2) is 7.53. The first-order chi connectivity index (χ1) is 12.0. The third-order valence-corrected chi connectivity index (χ3v) is 6.39. The van der Waals surface area contributed by atoms with E-state index in [9.17, 15) is 26.4 Å². The van der Waals surface area contributed by atoms with Gasteiger partial charge in [0.15, 0.2) is 0 Å². The molecule has 0 saturated carbocycles.